The molecule has 0 bridgehead atoms. The van der Waals surface area contributed by atoms with Crippen LogP contribution in [0.5, 0.6) is 0 Å². The van der Waals surface area contributed by atoms with E-state index in [-0.39, 0.29) is 0 Å². The summed E-state index contributed by atoms with van der Waals surface area (Å²) in [4.78, 5) is 11.6. The van der Waals surface area contributed by atoms with Crippen molar-refractivity contribution in [2.24, 2.45) is 0 Å². The number of thiophene rings is 1. The van der Waals surface area contributed by atoms with E-state index in [0.29, 0.717) is 11.3 Å². The molecule has 3 nitrogen and oxygen atoms in total. The highest BCUT2D eigenvalue weighted by atomic mass is 35.5. The Bertz CT molecular complexity index is 674. The molecule has 2 aliphatic rings. The predicted molar refractivity (Wildman–Crippen MR) is 94.2 cm³/mol. The summed E-state index contributed by atoms with van der Waals surface area (Å²) >= 11 is 8.00. The van der Waals surface area contributed by atoms with E-state index in [4.69, 9.17) is 11.6 Å². The molecule has 4 rings (SSSR count). The van der Waals surface area contributed by atoms with Crippen molar-refractivity contribution in [2.45, 2.75) is 70.3 Å². The molecule has 0 radical (unpaired) electrons. The van der Waals surface area contributed by atoms with Crippen LogP contribution in [0.3, 0.4) is 0 Å². The number of nitrogens with one attached hydrogen (secondary N) is 1. The van der Waals surface area contributed by atoms with Crippen molar-refractivity contribution in [3.05, 3.63) is 15.7 Å². The van der Waals surface area contributed by atoms with Gasteiger partial charge in [-0.3, -0.25) is 0 Å². The Morgan fingerprint density at radius 3 is 2.55 bits per heavy atom. The fraction of sp³-hybridized carbons (Fsp3) is 0.647. The summed E-state index contributed by atoms with van der Waals surface area (Å²) in [6, 6.07) is 0.538. The first-order valence-corrected chi connectivity index (χ1v) is 9.75. The van der Waals surface area contributed by atoms with Gasteiger partial charge in [-0.2, -0.15) is 0 Å². The van der Waals surface area contributed by atoms with Crippen LogP contribution >= 0.6 is 22.9 Å². The van der Waals surface area contributed by atoms with Gasteiger partial charge in [-0.25, -0.2) is 9.97 Å². The first kappa shape index (κ1) is 14.7. The van der Waals surface area contributed by atoms with Gasteiger partial charge < -0.3 is 5.32 Å². The van der Waals surface area contributed by atoms with Gasteiger partial charge in [0.25, 0.3) is 0 Å². The van der Waals surface area contributed by atoms with Crippen LogP contribution in [0.25, 0.3) is 10.2 Å². The lowest BCUT2D eigenvalue weighted by atomic mass is 9.97. The number of aryl methyl sites for hydroxylation is 2. The summed E-state index contributed by atoms with van der Waals surface area (Å²) in [6.07, 6.45) is 12.8. The van der Waals surface area contributed by atoms with Gasteiger partial charge in [0.2, 0.25) is 5.28 Å². The lowest BCUT2D eigenvalue weighted by molar-refractivity contribution is 0.618. The van der Waals surface area contributed by atoms with Gasteiger partial charge in [-0.05, 0) is 55.7 Å². The molecule has 118 valence electrons. The topological polar surface area (TPSA) is 37.8 Å². The molecule has 1 fully saturated rings. The molecular formula is C17H22ClN3S. The van der Waals surface area contributed by atoms with Crippen molar-refractivity contribution in [2.75, 3.05) is 5.32 Å². The number of aromatic nitrogens is 2. The van der Waals surface area contributed by atoms with Crippen molar-refractivity contribution in [3.8, 4) is 0 Å². The second-order valence-electron chi connectivity index (χ2n) is 6.57. The van der Waals surface area contributed by atoms with E-state index in [9.17, 15) is 0 Å². The summed E-state index contributed by atoms with van der Waals surface area (Å²) in [5.74, 6) is 0.987. The quantitative estimate of drug-likeness (QED) is 0.593. The molecule has 0 unspecified atom stereocenters. The molecule has 1 N–H and O–H groups in total. The lowest BCUT2D eigenvalue weighted by Gasteiger charge is -2.18. The van der Waals surface area contributed by atoms with Gasteiger partial charge in [0.1, 0.15) is 10.6 Å². The minimum absolute atomic E-state index is 0.377. The fourth-order valence-corrected chi connectivity index (χ4v) is 5.33. The summed E-state index contributed by atoms with van der Waals surface area (Å²) in [5, 5.41) is 5.35. The Morgan fingerprint density at radius 2 is 1.73 bits per heavy atom. The number of anilines is 1. The maximum Gasteiger partial charge on any atom is 0.225 e. The SMILES string of the molecule is Clc1nc(NC2CCCCCC2)c2c3c(sc2n1)CCCC3. The van der Waals surface area contributed by atoms with Crippen molar-refractivity contribution < 1.29 is 0 Å². The Balaban J connectivity index is 1.73. The third kappa shape index (κ3) is 2.83. The number of hydrogen-bond acceptors (Lipinski definition) is 4. The first-order chi connectivity index (χ1) is 10.8. The van der Waals surface area contributed by atoms with Crippen molar-refractivity contribution >= 4 is 39.0 Å². The van der Waals surface area contributed by atoms with Gasteiger partial charge in [-0.1, -0.05) is 25.7 Å². The van der Waals surface area contributed by atoms with E-state index in [1.807, 2.05) is 11.3 Å². The summed E-state index contributed by atoms with van der Waals surface area (Å²) in [6.45, 7) is 0. The molecule has 2 aromatic heterocycles. The van der Waals surface area contributed by atoms with E-state index in [0.717, 1.165) is 10.6 Å². The van der Waals surface area contributed by atoms with Gasteiger partial charge in [0.15, 0.2) is 0 Å². The van der Waals surface area contributed by atoms with Crippen LogP contribution in [0.4, 0.5) is 5.82 Å². The smallest absolute Gasteiger partial charge is 0.225 e. The molecule has 0 atom stereocenters. The third-order valence-electron chi connectivity index (χ3n) is 4.98. The number of rotatable bonds is 2. The zero-order chi connectivity index (χ0) is 14.9. The molecule has 22 heavy (non-hydrogen) atoms. The highest BCUT2D eigenvalue weighted by Gasteiger charge is 2.22. The number of halogens is 1. The molecule has 2 aliphatic carbocycles. The lowest BCUT2D eigenvalue weighted by Crippen LogP contribution is -2.19. The molecule has 0 aliphatic heterocycles. The average molecular weight is 336 g/mol. The maximum atomic E-state index is 6.18. The van der Waals surface area contributed by atoms with E-state index in [1.54, 1.807) is 0 Å². The zero-order valence-corrected chi connectivity index (χ0v) is 14.4. The Kier molecular flexibility index (Phi) is 4.23. The molecule has 0 amide bonds. The minimum atomic E-state index is 0.377. The summed E-state index contributed by atoms with van der Waals surface area (Å²) < 4.78 is 0. The monoisotopic (exact) mass is 335 g/mol. The number of fused-ring (bicyclic) bond motifs is 3. The first-order valence-electron chi connectivity index (χ1n) is 8.55. The zero-order valence-electron chi connectivity index (χ0n) is 12.8. The highest BCUT2D eigenvalue weighted by molar-refractivity contribution is 7.19. The normalized spacial score (nSPS) is 19.9. The average Bonchev–Trinajstić information content (AvgIpc) is 2.68. The minimum Gasteiger partial charge on any atom is -0.367 e. The van der Waals surface area contributed by atoms with Gasteiger partial charge in [0.05, 0.1) is 5.39 Å². The van der Waals surface area contributed by atoms with Crippen LogP contribution in [0, 0.1) is 0 Å². The summed E-state index contributed by atoms with van der Waals surface area (Å²) in [5.41, 5.74) is 1.49. The van der Waals surface area contributed by atoms with Crippen molar-refractivity contribution in [3.63, 3.8) is 0 Å². The fourth-order valence-electron chi connectivity index (χ4n) is 3.85. The predicted octanol–water partition coefficient (Wildman–Crippen LogP) is 5.36. The number of hydrogen-bond donors (Lipinski definition) is 1. The highest BCUT2D eigenvalue weighted by Crippen LogP contribution is 2.39. The van der Waals surface area contributed by atoms with Crippen LogP contribution in [0.2, 0.25) is 5.28 Å². The van der Waals surface area contributed by atoms with Crippen LogP contribution < -0.4 is 5.32 Å². The van der Waals surface area contributed by atoms with Crippen LogP contribution in [0.1, 0.15) is 61.8 Å². The molecular weight excluding hydrogens is 314 g/mol. The molecule has 1 saturated carbocycles. The Labute approximate surface area is 140 Å². The largest absolute Gasteiger partial charge is 0.367 e. The second-order valence-corrected chi connectivity index (χ2v) is 7.99. The number of nitrogens with zero attached hydrogens (tertiary/aromatic N) is 2. The van der Waals surface area contributed by atoms with E-state index < -0.39 is 0 Å². The van der Waals surface area contributed by atoms with Crippen LogP contribution in [0.15, 0.2) is 0 Å². The van der Waals surface area contributed by atoms with Gasteiger partial charge in [0, 0.05) is 10.9 Å². The summed E-state index contributed by atoms with van der Waals surface area (Å²) in [7, 11) is 0. The molecule has 2 heterocycles. The van der Waals surface area contributed by atoms with E-state index >= 15 is 0 Å². The van der Waals surface area contributed by atoms with Gasteiger partial charge in [-0.15, -0.1) is 11.3 Å². The third-order valence-corrected chi connectivity index (χ3v) is 6.34. The Morgan fingerprint density at radius 1 is 0.955 bits per heavy atom. The second kappa shape index (κ2) is 6.32. The van der Waals surface area contributed by atoms with Crippen molar-refractivity contribution in [1.29, 1.82) is 0 Å². The van der Waals surface area contributed by atoms with Gasteiger partial charge >= 0.3 is 0 Å². The maximum absolute atomic E-state index is 6.18. The Hall–Kier alpha value is -0.870. The molecule has 2 aromatic rings. The molecule has 0 saturated heterocycles. The molecule has 0 aromatic carbocycles. The van der Waals surface area contributed by atoms with Crippen molar-refractivity contribution in [1.82, 2.24) is 9.97 Å². The molecule has 0 spiro atoms. The van der Waals surface area contributed by atoms with E-state index in [2.05, 4.69) is 15.3 Å². The van der Waals surface area contributed by atoms with Crippen LogP contribution in [-0.4, -0.2) is 16.0 Å². The standard InChI is InChI=1S/C17H22ClN3S/c18-17-20-15(19-11-7-3-1-2-4-8-11)14-12-9-5-6-10-13(12)22-16(14)21-17/h11H,1-10H2,(H,19,20,21). The van der Waals surface area contributed by atoms with E-state index in [1.165, 1.54) is 80.0 Å². The van der Waals surface area contributed by atoms with Crippen LogP contribution in [-0.2, 0) is 12.8 Å². The molecule has 5 heteroatoms.